The molecule has 78 valence electrons. The second-order valence-electron chi connectivity index (χ2n) is 2.97. The van der Waals surface area contributed by atoms with Gasteiger partial charge in [0.15, 0.2) is 11.6 Å². The highest BCUT2D eigenvalue weighted by Crippen LogP contribution is 2.20. The van der Waals surface area contributed by atoms with Crippen molar-refractivity contribution in [2.45, 2.75) is 6.61 Å². The lowest BCUT2D eigenvalue weighted by Crippen LogP contribution is -1.98. The molecule has 2 aromatic rings. The Morgan fingerprint density at radius 2 is 2.27 bits per heavy atom. The molecular weight excluding hydrogens is 199 g/mol. The van der Waals surface area contributed by atoms with Crippen LogP contribution in [0.5, 0.6) is 5.75 Å². The third kappa shape index (κ3) is 2.25. The van der Waals surface area contributed by atoms with Gasteiger partial charge in [-0.3, -0.25) is 0 Å². The Bertz CT molecular complexity index is 443. The fourth-order valence-corrected chi connectivity index (χ4v) is 1.10. The predicted octanol–water partition coefficient (Wildman–Crippen LogP) is 1.97. The quantitative estimate of drug-likeness (QED) is 0.783. The maximum Gasteiger partial charge on any atom is 0.167 e. The van der Waals surface area contributed by atoms with Crippen molar-refractivity contribution >= 4 is 5.69 Å². The standard InChI is InChI=1S/C10H9FN2O2/c11-9-5-7(12)1-2-10(9)14-6-8-3-4-15-13-8/h1-5H,6,12H2. The fourth-order valence-electron chi connectivity index (χ4n) is 1.10. The molecule has 0 unspecified atom stereocenters. The SMILES string of the molecule is Nc1ccc(OCc2ccon2)c(F)c1. The lowest BCUT2D eigenvalue weighted by atomic mass is 10.3. The summed E-state index contributed by atoms with van der Waals surface area (Å²) in [5.74, 6) is -0.342. The van der Waals surface area contributed by atoms with Gasteiger partial charge in [-0.05, 0) is 12.1 Å². The second-order valence-corrected chi connectivity index (χ2v) is 2.97. The maximum atomic E-state index is 13.2. The minimum absolute atomic E-state index is 0.146. The molecule has 1 aromatic carbocycles. The van der Waals surface area contributed by atoms with Gasteiger partial charge in [0.25, 0.3) is 0 Å². The molecule has 0 bridgehead atoms. The monoisotopic (exact) mass is 208 g/mol. The molecular formula is C10H9FN2O2. The van der Waals surface area contributed by atoms with Gasteiger partial charge in [-0.25, -0.2) is 4.39 Å². The fraction of sp³-hybridized carbons (Fsp3) is 0.100. The van der Waals surface area contributed by atoms with Crippen molar-refractivity contribution in [3.8, 4) is 5.75 Å². The first kappa shape index (κ1) is 9.51. The number of rotatable bonds is 3. The average molecular weight is 208 g/mol. The third-order valence-electron chi connectivity index (χ3n) is 1.82. The summed E-state index contributed by atoms with van der Waals surface area (Å²) in [7, 11) is 0. The number of nitrogens with two attached hydrogens (primary N) is 1. The molecule has 0 amide bonds. The predicted molar refractivity (Wildman–Crippen MR) is 51.6 cm³/mol. The number of nitrogens with zero attached hydrogens (tertiary/aromatic N) is 1. The van der Waals surface area contributed by atoms with Gasteiger partial charge in [-0.15, -0.1) is 0 Å². The summed E-state index contributed by atoms with van der Waals surface area (Å²) in [6.07, 6.45) is 1.43. The van der Waals surface area contributed by atoms with Gasteiger partial charge >= 0.3 is 0 Å². The lowest BCUT2D eigenvalue weighted by molar-refractivity contribution is 0.276. The average Bonchev–Trinajstić information content (AvgIpc) is 2.69. The molecule has 0 spiro atoms. The summed E-state index contributed by atoms with van der Waals surface area (Å²) < 4.78 is 23.0. The molecule has 5 heteroatoms. The van der Waals surface area contributed by atoms with E-state index >= 15 is 0 Å². The summed E-state index contributed by atoms with van der Waals surface area (Å²) >= 11 is 0. The number of anilines is 1. The third-order valence-corrected chi connectivity index (χ3v) is 1.82. The van der Waals surface area contributed by atoms with Crippen molar-refractivity contribution in [2.75, 3.05) is 5.73 Å². The van der Waals surface area contributed by atoms with E-state index in [1.165, 1.54) is 18.4 Å². The molecule has 0 aliphatic heterocycles. The Balaban J connectivity index is 2.05. The normalized spacial score (nSPS) is 10.2. The van der Waals surface area contributed by atoms with Crippen molar-refractivity contribution in [2.24, 2.45) is 0 Å². The van der Waals surface area contributed by atoms with Crippen molar-refractivity contribution in [3.05, 3.63) is 42.0 Å². The minimum Gasteiger partial charge on any atom is -0.484 e. The number of ether oxygens (including phenoxy) is 1. The number of halogens is 1. The van der Waals surface area contributed by atoms with Crippen LogP contribution in [-0.2, 0) is 6.61 Å². The Morgan fingerprint density at radius 3 is 2.93 bits per heavy atom. The molecule has 0 fully saturated rings. The smallest absolute Gasteiger partial charge is 0.167 e. The van der Waals surface area contributed by atoms with Gasteiger partial charge in [0.05, 0.1) is 0 Å². The molecule has 2 N–H and O–H groups in total. The van der Waals surface area contributed by atoms with Gasteiger partial charge in [-0.1, -0.05) is 5.16 Å². The van der Waals surface area contributed by atoms with Gasteiger partial charge in [-0.2, -0.15) is 0 Å². The Hall–Kier alpha value is -2.04. The van der Waals surface area contributed by atoms with Crippen LogP contribution in [-0.4, -0.2) is 5.16 Å². The zero-order valence-electron chi connectivity index (χ0n) is 7.81. The summed E-state index contributed by atoms with van der Waals surface area (Å²) in [5.41, 5.74) is 6.36. The van der Waals surface area contributed by atoms with Crippen LogP contribution in [0.25, 0.3) is 0 Å². The van der Waals surface area contributed by atoms with Crippen LogP contribution in [0.2, 0.25) is 0 Å². The molecule has 0 aliphatic carbocycles. The first-order valence-electron chi connectivity index (χ1n) is 4.33. The van der Waals surface area contributed by atoms with E-state index in [2.05, 4.69) is 9.68 Å². The van der Waals surface area contributed by atoms with E-state index in [1.807, 2.05) is 0 Å². The molecule has 0 radical (unpaired) electrons. The number of nitrogen functional groups attached to an aromatic ring is 1. The van der Waals surface area contributed by atoms with E-state index in [4.69, 9.17) is 10.5 Å². The number of hydrogen-bond donors (Lipinski definition) is 1. The van der Waals surface area contributed by atoms with Crippen LogP contribution in [0.3, 0.4) is 0 Å². The molecule has 2 rings (SSSR count). The molecule has 15 heavy (non-hydrogen) atoms. The van der Waals surface area contributed by atoms with Gasteiger partial charge < -0.3 is 15.0 Å². The van der Waals surface area contributed by atoms with Gasteiger partial charge in [0.1, 0.15) is 18.6 Å². The minimum atomic E-state index is -0.488. The van der Waals surface area contributed by atoms with Gasteiger partial charge in [0, 0.05) is 17.8 Å². The zero-order chi connectivity index (χ0) is 10.7. The summed E-state index contributed by atoms with van der Waals surface area (Å²) in [6.45, 7) is 0.164. The van der Waals surface area contributed by atoms with Crippen molar-refractivity contribution in [1.82, 2.24) is 5.16 Å². The Labute approximate surface area is 85.4 Å². The highest BCUT2D eigenvalue weighted by molar-refractivity contribution is 5.42. The van der Waals surface area contributed by atoms with Crippen LogP contribution in [0.15, 0.2) is 35.1 Å². The maximum absolute atomic E-state index is 13.2. The molecule has 1 aromatic heterocycles. The van der Waals surface area contributed by atoms with Crippen LogP contribution in [0.1, 0.15) is 5.69 Å². The van der Waals surface area contributed by atoms with Crippen LogP contribution < -0.4 is 10.5 Å². The number of hydrogen-bond acceptors (Lipinski definition) is 4. The number of aromatic nitrogens is 1. The molecule has 4 nitrogen and oxygen atoms in total. The summed E-state index contributed by atoms with van der Waals surface area (Å²) in [4.78, 5) is 0. The molecule has 0 aliphatic rings. The van der Waals surface area contributed by atoms with Crippen molar-refractivity contribution in [1.29, 1.82) is 0 Å². The van der Waals surface area contributed by atoms with Crippen molar-refractivity contribution in [3.63, 3.8) is 0 Å². The molecule has 0 saturated carbocycles. The van der Waals surface area contributed by atoms with Crippen LogP contribution in [0, 0.1) is 5.82 Å². The van der Waals surface area contributed by atoms with Crippen LogP contribution >= 0.6 is 0 Å². The topological polar surface area (TPSA) is 61.3 Å². The van der Waals surface area contributed by atoms with Crippen molar-refractivity contribution < 1.29 is 13.7 Å². The van der Waals surface area contributed by atoms with Gasteiger partial charge in [0.2, 0.25) is 0 Å². The van der Waals surface area contributed by atoms with E-state index in [0.29, 0.717) is 11.4 Å². The van der Waals surface area contributed by atoms with E-state index in [-0.39, 0.29) is 12.4 Å². The molecule has 0 atom stereocenters. The highest BCUT2D eigenvalue weighted by atomic mass is 19.1. The summed E-state index contributed by atoms with van der Waals surface area (Å²) in [6, 6.07) is 5.90. The van der Waals surface area contributed by atoms with E-state index in [9.17, 15) is 4.39 Å². The second kappa shape index (κ2) is 4.00. The largest absolute Gasteiger partial charge is 0.484 e. The first-order valence-corrected chi connectivity index (χ1v) is 4.33. The molecule has 0 saturated heterocycles. The Morgan fingerprint density at radius 1 is 1.40 bits per heavy atom. The van der Waals surface area contributed by atoms with E-state index in [0.717, 1.165) is 0 Å². The summed E-state index contributed by atoms with van der Waals surface area (Å²) in [5, 5.41) is 3.63. The van der Waals surface area contributed by atoms with E-state index in [1.54, 1.807) is 12.1 Å². The van der Waals surface area contributed by atoms with E-state index < -0.39 is 5.82 Å². The highest BCUT2D eigenvalue weighted by Gasteiger charge is 2.04. The molecule has 1 heterocycles. The Kier molecular flexibility index (Phi) is 2.53. The lowest BCUT2D eigenvalue weighted by Gasteiger charge is -2.05. The van der Waals surface area contributed by atoms with Crippen LogP contribution in [0.4, 0.5) is 10.1 Å². The first-order chi connectivity index (χ1) is 7.25. The zero-order valence-corrected chi connectivity index (χ0v) is 7.81. The number of benzene rings is 1.